The molecule has 0 bridgehead atoms. The van der Waals surface area contributed by atoms with Gasteiger partial charge in [0.15, 0.2) is 0 Å². The normalized spacial score (nSPS) is 10.8. The molecule has 1 N–H and O–H groups in total. The molecule has 0 saturated heterocycles. The molecule has 0 aliphatic heterocycles. The van der Waals surface area contributed by atoms with Crippen molar-refractivity contribution in [2.75, 3.05) is 5.32 Å². The zero-order valence-electron chi connectivity index (χ0n) is 14.5. The van der Waals surface area contributed by atoms with Crippen molar-refractivity contribution >= 4 is 5.82 Å². The molecule has 0 amide bonds. The monoisotopic (exact) mass is 322 g/mol. The van der Waals surface area contributed by atoms with Crippen molar-refractivity contribution in [2.24, 2.45) is 0 Å². The number of hydrogen-bond acceptors (Lipinski definition) is 5. The highest BCUT2D eigenvalue weighted by atomic mass is 15.3. The Morgan fingerprint density at radius 2 is 2.00 bits per heavy atom. The van der Waals surface area contributed by atoms with Crippen LogP contribution in [-0.2, 0) is 13.1 Å². The molecule has 0 saturated carbocycles. The van der Waals surface area contributed by atoms with Crippen molar-refractivity contribution in [3.05, 3.63) is 53.4 Å². The molecule has 0 radical (unpaired) electrons. The third kappa shape index (κ3) is 3.27. The van der Waals surface area contributed by atoms with E-state index < -0.39 is 0 Å². The van der Waals surface area contributed by atoms with Gasteiger partial charge in [-0.15, -0.1) is 0 Å². The lowest BCUT2D eigenvalue weighted by molar-refractivity contribution is 0.633. The summed E-state index contributed by atoms with van der Waals surface area (Å²) in [5, 5.41) is 7.97. The first kappa shape index (κ1) is 16.1. The Labute approximate surface area is 142 Å². The van der Waals surface area contributed by atoms with E-state index >= 15 is 0 Å². The van der Waals surface area contributed by atoms with Crippen LogP contribution in [0.2, 0.25) is 0 Å². The average Bonchev–Trinajstić information content (AvgIpc) is 2.87. The molecule has 3 aromatic rings. The van der Waals surface area contributed by atoms with Crippen molar-refractivity contribution < 1.29 is 0 Å². The van der Waals surface area contributed by atoms with Crippen LogP contribution < -0.4 is 5.32 Å². The van der Waals surface area contributed by atoms with Crippen LogP contribution in [0.4, 0.5) is 5.82 Å². The summed E-state index contributed by atoms with van der Waals surface area (Å²) in [6.45, 7) is 9.72. The summed E-state index contributed by atoms with van der Waals surface area (Å²) in [5.41, 5.74) is 5.32. The smallest absolute Gasteiger partial charge is 0.130 e. The summed E-state index contributed by atoms with van der Waals surface area (Å²) >= 11 is 0. The number of anilines is 1. The van der Waals surface area contributed by atoms with Gasteiger partial charge in [0.25, 0.3) is 0 Å². The maximum absolute atomic E-state index is 4.56. The largest absolute Gasteiger partial charge is 0.366 e. The first-order valence-corrected chi connectivity index (χ1v) is 8.11. The number of nitrogens with zero attached hydrogens (tertiary/aromatic N) is 5. The van der Waals surface area contributed by atoms with E-state index in [9.17, 15) is 0 Å². The minimum absolute atomic E-state index is 0.695. The van der Waals surface area contributed by atoms with E-state index in [4.69, 9.17) is 0 Å². The number of nitrogens with one attached hydrogen (secondary N) is 1. The van der Waals surface area contributed by atoms with Gasteiger partial charge in [0.05, 0.1) is 11.4 Å². The van der Waals surface area contributed by atoms with E-state index in [0.717, 1.165) is 35.1 Å². The van der Waals surface area contributed by atoms with Crippen molar-refractivity contribution in [1.82, 2.24) is 24.7 Å². The molecule has 6 nitrogen and oxygen atoms in total. The van der Waals surface area contributed by atoms with Gasteiger partial charge in [-0.3, -0.25) is 9.67 Å². The Bertz CT molecular complexity index is 838. The Morgan fingerprint density at radius 1 is 1.17 bits per heavy atom. The van der Waals surface area contributed by atoms with Crippen LogP contribution in [0.1, 0.15) is 29.7 Å². The van der Waals surface area contributed by atoms with Crippen LogP contribution in [-0.4, -0.2) is 24.7 Å². The second kappa shape index (κ2) is 6.78. The summed E-state index contributed by atoms with van der Waals surface area (Å²) in [6.07, 6.45) is 3.57. The van der Waals surface area contributed by atoms with Crippen LogP contribution >= 0.6 is 0 Å². The van der Waals surface area contributed by atoms with Crippen LogP contribution in [0.15, 0.2) is 30.6 Å². The summed E-state index contributed by atoms with van der Waals surface area (Å²) in [7, 11) is 0. The Balaban J connectivity index is 1.84. The van der Waals surface area contributed by atoms with Gasteiger partial charge < -0.3 is 5.32 Å². The van der Waals surface area contributed by atoms with Crippen LogP contribution in [0, 0.1) is 20.8 Å². The van der Waals surface area contributed by atoms with Crippen molar-refractivity contribution in [3.63, 3.8) is 0 Å². The van der Waals surface area contributed by atoms with E-state index in [0.29, 0.717) is 6.54 Å². The van der Waals surface area contributed by atoms with E-state index in [2.05, 4.69) is 39.2 Å². The van der Waals surface area contributed by atoms with Gasteiger partial charge in [0, 0.05) is 48.4 Å². The van der Waals surface area contributed by atoms with Gasteiger partial charge >= 0.3 is 0 Å². The lowest BCUT2D eigenvalue weighted by Gasteiger charge is -2.09. The number of aryl methyl sites for hydroxylation is 3. The SMILES string of the molecule is CCn1nc(C)c(CNc2cc(-c3cccnc3)nc(C)n2)c1C. The maximum Gasteiger partial charge on any atom is 0.130 e. The van der Waals surface area contributed by atoms with Crippen LogP contribution in [0.3, 0.4) is 0 Å². The van der Waals surface area contributed by atoms with Gasteiger partial charge in [0.2, 0.25) is 0 Å². The fourth-order valence-electron chi connectivity index (χ4n) is 2.80. The molecule has 24 heavy (non-hydrogen) atoms. The van der Waals surface area contributed by atoms with Crippen molar-refractivity contribution in [1.29, 1.82) is 0 Å². The summed E-state index contributed by atoms with van der Waals surface area (Å²) in [5.74, 6) is 1.54. The fraction of sp³-hybridized carbons (Fsp3) is 0.333. The van der Waals surface area contributed by atoms with Gasteiger partial charge in [-0.2, -0.15) is 5.10 Å². The lowest BCUT2D eigenvalue weighted by atomic mass is 10.2. The summed E-state index contributed by atoms with van der Waals surface area (Å²) < 4.78 is 2.03. The molecule has 3 aromatic heterocycles. The van der Waals surface area contributed by atoms with E-state index in [1.807, 2.05) is 42.9 Å². The predicted octanol–water partition coefficient (Wildman–Crippen LogP) is 3.29. The first-order chi connectivity index (χ1) is 11.6. The second-order valence-electron chi connectivity index (χ2n) is 5.75. The highest BCUT2D eigenvalue weighted by Gasteiger charge is 2.11. The molecule has 0 aromatic carbocycles. The third-order valence-corrected chi connectivity index (χ3v) is 4.07. The molecule has 0 atom stereocenters. The molecule has 3 heterocycles. The predicted molar refractivity (Wildman–Crippen MR) is 94.7 cm³/mol. The van der Waals surface area contributed by atoms with Crippen molar-refractivity contribution in [3.8, 4) is 11.3 Å². The Kier molecular flexibility index (Phi) is 4.55. The minimum atomic E-state index is 0.695. The molecule has 124 valence electrons. The number of rotatable bonds is 5. The number of pyridine rings is 1. The van der Waals surface area contributed by atoms with Gasteiger partial charge in [-0.25, -0.2) is 9.97 Å². The Hall–Kier alpha value is -2.76. The molecule has 3 rings (SSSR count). The molecule has 0 fully saturated rings. The summed E-state index contributed by atoms with van der Waals surface area (Å²) in [6, 6.07) is 5.86. The molecular weight excluding hydrogens is 300 g/mol. The van der Waals surface area contributed by atoms with Gasteiger partial charge in [0.1, 0.15) is 11.6 Å². The highest BCUT2D eigenvalue weighted by Crippen LogP contribution is 2.20. The van der Waals surface area contributed by atoms with E-state index in [1.54, 1.807) is 6.20 Å². The first-order valence-electron chi connectivity index (χ1n) is 8.11. The third-order valence-electron chi connectivity index (χ3n) is 4.07. The average molecular weight is 322 g/mol. The molecule has 0 spiro atoms. The molecule has 6 heteroatoms. The van der Waals surface area contributed by atoms with Crippen LogP contribution in [0.5, 0.6) is 0 Å². The Morgan fingerprint density at radius 3 is 2.67 bits per heavy atom. The van der Waals surface area contributed by atoms with E-state index in [1.165, 1.54) is 11.3 Å². The molecule has 0 aliphatic carbocycles. The molecule has 0 unspecified atom stereocenters. The molecular formula is C18H22N6. The van der Waals surface area contributed by atoms with Gasteiger partial charge in [-0.05, 0) is 39.8 Å². The topological polar surface area (TPSA) is 68.5 Å². The fourth-order valence-corrected chi connectivity index (χ4v) is 2.80. The highest BCUT2D eigenvalue weighted by molar-refractivity contribution is 5.61. The quantitative estimate of drug-likeness (QED) is 0.780. The molecule has 0 aliphatic rings. The number of aromatic nitrogens is 5. The standard InChI is InChI=1S/C18H22N6/c1-5-24-13(3)16(12(2)23-24)11-20-18-9-17(21-14(4)22-18)15-7-6-8-19-10-15/h6-10H,5,11H2,1-4H3,(H,20,21,22). The second-order valence-corrected chi connectivity index (χ2v) is 5.75. The zero-order chi connectivity index (χ0) is 17.1. The minimum Gasteiger partial charge on any atom is -0.366 e. The zero-order valence-corrected chi connectivity index (χ0v) is 14.5. The van der Waals surface area contributed by atoms with E-state index in [-0.39, 0.29) is 0 Å². The maximum atomic E-state index is 4.56. The van der Waals surface area contributed by atoms with Gasteiger partial charge in [-0.1, -0.05) is 0 Å². The van der Waals surface area contributed by atoms with Crippen molar-refractivity contribution in [2.45, 2.75) is 40.8 Å². The van der Waals surface area contributed by atoms with Crippen LogP contribution in [0.25, 0.3) is 11.3 Å². The number of hydrogen-bond donors (Lipinski definition) is 1. The summed E-state index contributed by atoms with van der Waals surface area (Å²) in [4.78, 5) is 13.2. The lowest BCUT2D eigenvalue weighted by Crippen LogP contribution is -2.06.